The molecule has 0 radical (unpaired) electrons. The van der Waals surface area contributed by atoms with E-state index in [1.54, 1.807) is 91.0 Å². The fourth-order valence-corrected chi connectivity index (χ4v) is 8.02. The minimum absolute atomic E-state index is 0.00784. The molecule has 8 nitrogen and oxygen atoms in total. The van der Waals surface area contributed by atoms with Gasteiger partial charge in [0.05, 0.1) is 0 Å². The predicted octanol–water partition coefficient (Wildman–Crippen LogP) is 15.5. The van der Waals surface area contributed by atoms with Crippen molar-refractivity contribution in [3.05, 3.63) is 256 Å². The topological polar surface area (TPSA) is 162 Å². The minimum atomic E-state index is 0.00784. The zero-order chi connectivity index (χ0) is 51.6. The van der Waals surface area contributed by atoms with E-state index in [-0.39, 0.29) is 69.7 Å². The van der Waals surface area contributed by atoms with Gasteiger partial charge in [-0.3, -0.25) is 0 Å². The van der Waals surface area contributed by atoms with Gasteiger partial charge in [0.15, 0.2) is 0 Å². The van der Waals surface area contributed by atoms with Crippen LogP contribution in [-0.2, 0) is 0 Å². The number of allylic oxidation sites excluding steroid dienone is 3. The molecule has 8 heteroatoms. The molecule has 8 N–H and O–H groups in total. The number of benzene rings is 8. The maximum atomic E-state index is 10.3. The van der Waals surface area contributed by atoms with Gasteiger partial charge in [0, 0.05) is 17.4 Å². The summed E-state index contributed by atoms with van der Waals surface area (Å²) in [6.07, 6.45) is 13.4. The zero-order valence-corrected chi connectivity index (χ0v) is 41.0. The Labute approximate surface area is 423 Å². The zero-order valence-electron chi connectivity index (χ0n) is 41.0. The molecule has 0 saturated heterocycles. The van der Waals surface area contributed by atoms with Gasteiger partial charge in [-0.25, -0.2) is 0 Å². The normalized spacial score (nSPS) is 13.3. The lowest BCUT2D eigenvalue weighted by Crippen LogP contribution is -2.02. The second kappa shape index (κ2) is 25.8. The quantitative estimate of drug-likeness (QED) is 0.0534. The van der Waals surface area contributed by atoms with Crippen LogP contribution in [0.2, 0.25) is 0 Å². The van der Waals surface area contributed by atoms with Gasteiger partial charge < -0.3 is 40.9 Å². The van der Waals surface area contributed by atoms with Crippen LogP contribution in [0.25, 0.3) is 18.2 Å². The summed E-state index contributed by atoms with van der Waals surface area (Å²) >= 11 is 0. The standard InChI is InChI=1S/2C24H24O3.C16H16O2/c1-17(19-6-12-23(26)13-7-19)16-21(20-8-14-24(27)15-9-20)5-2-18-3-10-22(25)11-4-18;1-16(19-6-10-21(25)11-7-19)3-4-18-5-14-24(27)23(15-18)17(2)20-8-12-22(26)13-9-20;1-12(14-6-10-16(18)11-7-14)2-3-13-4-8-15(17)9-5-13/h2-15,17,21,25-27H,16H2,1H3;3-17,25-27H,1-2H3;2-12,17-18H,1H3/b5-2+;4-3+;3-2+. The molecule has 8 aromatic carbocycles. The molecule has 8 aromatic rings. The first-order valence-corrected chi connectivity index (χ1v) is 24.0. The Kier molecular flexibility index (Phi) is 18.9. The van der Waals surface area contributed by atoms with Gasteiger partial charge in [0.2, 0.25) is 0 Å². The third kappa shape index (κ3) is 16.2. The van der Waals surface area contributed by atoms with Crippen LogP contribution in [0, 0.1) is 0 Å². The highest BCUT2D eigenvalue weighted by Crippen LogP contribution is 2.35. The summed E-state index contributed by atoms with van der Waals surface area (Å²) in [5.41, 5.74) is 9.56. The highest BCUT2D eigenvalue weighted by Gasteiger charge is 2.16. The monoisotopic (exact) mass is 960 g/mol. The molecule has 0 fully saturated rings. The van der Waals surface area contributed by atoms with Gasteiger partial charge in [0.1, 0.15) is 46.0 Å². The second-order valence-corrected chi connectivity index (χ2v) is 18.1. The molecule has 0 aliphatic rings. The maximum absolute atomic E-state index is 10.3. The van der Waals surface area contributed by atoms with Crippen molar-refractivity contribution < 1.29 is 40.9 Å². The van der Waals surface area contributed by atoms with Crippen molar-refractivity contribution in [2.24, 2.45) is 0 Å². The summed E-state index contributed by atoms with van der Waals surface area (Å²) < 4.78 is 0. The van der Waals surface area contributed by atoms with Crippen molar-refractivity contribution in [1.29, 1.82) is 0 Å². The van der Waals surface area contributed by atoms with Crippen LogP contribution in [0.1, 0.15) is 114 Å². The molecule has 0 saturated carbocycles. The molecule has 0 aliphatic heterocycles. The second-order valence-electron chi connectivity index (χ2n) is 18.1. The lowest BCUT2D eigenvalue weighted by Gasteiger charge is -2.19. The summed E-state index contributed by atoms with van der Waals surface area (Å²) in [5, 5.41) is 76.1. The number of phenols is 8. The van der Waals surface area contributed by atoms with E-state index in [0.29, 0.717) is 5.92 Å². The Morgan fingerprint density at radius 3 is 1.03 bits per heavy atom. The van der Waals surface area contributed by atoms with Crippen molar-refractivity contribution in [3.8, 4) is 46.0 Å². The van der Waals surface area contributed by atoms with Crippen LogP contribution in [0.4, 0.5) is 0 Å². The van der Waals surface area contributed by atoms with Crippen molar-refractivity contribution >= 4 is 18.2 Å². The molecular formula is C64H64O8. The summed E-state index contributed by atoms with van der Waals surface area (Å²) in [6, 6.07) is 56.0. The number of hydrogen-bond acceptors (Lipinski definition) is 8. The van der Waals surface area contributed by atoms with E-state index in [1.807, 2.05) is 116 Å². The lowest BCUT2D eigenvalue weighted by atomic mass is 9.85. The van der Waals surface area contributed by atoms with Gasteiger partial charge in [-0.15, -0.1) is 0 Å². The third-order valence-corrected chi connectivity index (χ3v) is 12.6. The largest absolute Gasteiger partial charge is 0.508 e. The molecule has 0 bridgehead atoms. The van der Waals surface area contributed by atoms with E-state index < -0.39 is 0 Å². The van der Waals surface area contributed by atoms with Crippen LogP contribution < -0.4 is 0 Å². The predicted molar refractivity (Wildman–Crippen MR) is 292 cm³/mol. The summed E-state index contributed by atoms with van der Waals surface area (Å²) in [6.45, 7) is 8.41. The molecule has 8 rings (SSSR count). The van der Waals surface area contributed by atoms with Gasteiger partial charge in [0.25, 0.3) is 0 Å². The lowest BCUT2D eigenvalue weighted by molar-refractivity contribution is 0.465. The van der Waals surface area contributed by atoms with Gasteiger partial charge in [-0.2, -0.15) is 0 Å². The van der Waals surface area contributed by atoms with E-state index in [9.17, 15) is 40.9 Å². The van der Waals surface area contributed by atoms with Crippen molar-refractivity contribution in [2.75, 3.05) is 0 Å². The molecule has 0 aliphatic carbocycles. The van der Waals surface area contributed by atoms with Gasteiger partial charge in [-0.05, 0) is 166 Å². The molecule has 5 unspecified atom stereocenters. The number of hydrogen-bond donors (Lipinski definition) is 8. The molecule has 72 heavy (non-hydrogen) atoms. The van der Waals surface area contributed by atoms with Gasteiger partial charge in [-0.1, -0.05) is 155 Å². The van der Waals surface area contributed by atoms with Crippen LogP contribution >= 0.6 is 0 Å². The van der Waals surface area contributed by atoms with Crippen molar-refractivity contribution in [3.63, 3.8) is 0 Å². The van der Waals surface area contributed by atoms with E-state index >= 15 is 0 Å². The Balaban J connectivity index is 0.000000180. The van der Waals surface area contributed by atoms with E-state index in [1.165, 1.54) is 5.56 Å². The van der Waals surface area contributed by atoms with Crippen LogP contribution in [0.15, 0.2) is 206 Å². The van der Waals surface area contributed by atoms with E-state index in [2.05, 4.69) is 45.1 Å². The number of aromatic hydroxyl groups is 8. The smallest absolute Gasteiger partial charge is 0.119 e. The first kappa shape index (κ1) is 52.7. The highest BCUT2D eigenvalue weighted by atomic mass is 16.3. The summed E-state index contributed by atoms with van der Waals surface area (Å²) in [4.78, 5) is 0. The number of rotatable bonds is 14. The number of phenolic OH excluding ortho intramolecular Hbond substituents is 8. The summed E-state index contributed by atoms with van der Waals surface area (Å²) in [5.74, 6) is 3.06. The molecule has 0 amide bonds. The van der Waals surface area contributed by atoms with Crippen LogP contribution in [0.5, 0.6) is 46.0 Å². The molecule has 0 spiro atoms. The Bertz CT molecular complexity index is 2980. The van der Waals surface area contributed by atoms with Crippen molar-refractivity contribution in [1.82, 2.24) is 0 Å². The maximum Gasteiger partial charge on any atom is 0.119 e. The Morgan fingerprint density at radius 2 is 0.625 bits per heavy atom. The fraction of sp³-hybridized carbons (Fsp3) is 0.156. The molecule has 0 aromatic heterocycles. The molecule has 368 valence electrons. The van der Waals surface area contributed by atoms with Crippen LogP contribution in [0.3, 0.4) is 0 Å². The first-order chi connectivity index (χ1) is 34.6. The Hall–Kier alpha value is -8.62. The average Bonchev–Trinajstić information content (AvgIpc) is 3.38. The van der Waals surface area contributed by atoms with Crippen molar-refractivity contribution in [2.45, 2.75) is 63.7 Å². The molecule has 0 heterocycles. The van der Waals surface area contributed by atoms with Crippen LogP contribution in [-0.4, -0.2) is 40.9 Å². The Morgan fingerprint density at radius 1 is 0.319 bits per heavy atom. The minimum Gasteiger partial charge on any atom is -0.508 e. The fourth-order valence-electron chi connectivity index (χ4n) is 8.02. The highest BCUT2D eigenvalue weighted by molar-refractivity contribution is 5.57. The van der Waals surface area contributed by atoms with E-state index in [4.69, 9.17) is 0 Å². The third-order valence-electron chi connectivity index (χ3n) is 12.6. The molecule has 5 atom stereocenters. The van der Waals surface area contributed by atoms with Gasteiger partial charge >= 0.3 is 0 Å². The summed E-state index contributed by atoms with van der Waals surface area (Å²) in [7, 11) is 0. The first-order valence-electron chi connectivity index (χ1n) is 24.0. The SMILES string of the molecule is CC(/C=C/c1ccc(O)c(C(C)c2ccc(O)cc2)c1)c1ccc(O)cc1.CC(/C=C/c1ccc(O)cc1)c1ccc(O)cc1.CC(CC(/C=C/c1ccc(O)cc1)c1ccc(O)cc1)c1ccc(O)cc1. The average molecular weight is 961 g/mol. The van der Waals surface area contributed by atoms with E-state index in [0.717, 1.165) is 50.9 Å². The molecular weight excluding hydrogens is 897 g/mol.